The smallest absolute Gasteiger partial charge is 0.261 e. The molecule has 22 heavy (non-hydrogen) atoms. The average molecular weight is 333 g/mol. The van der Waals surface area contributed by atoms with Crippen LogP contribution < -0.4 is 9.47 Å². The van der Waals surface area contributed by atoms with E-state index in [0.29, 0.717) is 64.5 Å². The van der Waals surface area contributed by atoms with E-state index in [1.165, 1.54) is 0 Å². The van der Waals surface area contributed by atoms with Crippen molar-refractivity contribution >= 4 is 8.35 Å². The molecule has 0 unspecified atom stereocenters. The Kier molecular flexibility index (Phi) is 11.8. The number of aromatic nitrogens is 1. The van der Waals surface area contributed by atoms with Crippen LogP contribution in [0.15, 0.2) is 11.9 Å². The molecule has 0 spiro atoms. The molecule has 0 aliphatic heterocycles. The number of hydrogen-bond donors (Lipinski definition) is 0. The topological polar surface area (TPSA) is 68.3 Å². The van der Waals surface area contributed by atoms with Gasteiger partial charge in [-0.15, -0.1) is 0 Å². The number of nitrogens with zero attached hydrogens (tertiary/aromatic N) is 1. The monoisotopic (exact) mass is 333 g/mol. The molecule has 8 heteroatoms. The largest absolute Gasteiger partial charge is 0.486 e. The Morgan fingerprint density at radius 2 is 1.41 bits per heavy atom. The van der Waals surface area contributed by atoms with E-state index in [2.05, 4.69) is 4.75 Å². The van der Waals surface area contributed by atoms with E-state index in [-0.39, 0.29) is 0 Å². The Bertz CT molecular complexity index is 347. The summed E-state index contributed by atoms with van der Waals surface area (Å²) in [4.78, 5) is 0. The molecule has 0 aliphatic rings. The molecule has 0 atom stereocenters. The van der Waals surface area contributed by atoms with Crippen LogP contribution in [0.2, 0.25) is 0 Å². The summed E-state index contributed by atoms with van der Waals surface area (Å²) >= 11 is 0. The highest BCUT2D eigenvalue weighted by atomic mass is 31.0. The highest BCUT2D eigenvalue weighted by Gasteiger charge is 2.06. The molecule has 0 bridgehead atoms. The van der Waals surface area contributed by atoms with Gasteiger partial charge in [-0.05, 0) is 11.9 Å². The summed E-state index contributed by atoms with van der Waals surface area (Å²) in [6, 6.07) is 1.85. The molecule has 0 fully saturated rings. The number of ether oxygens (including phenoxy) is 6. The normalized spacial score (nSPS) is 11.0. The molecular weight excluding hydrogens is 309 g/mol. The minimum atomic E-state index is 0.420. The lowest BCUT2D eigenvalue weighted by molar-refractivity contribution is 0.0492. The summed E-state index contributed by atoms with van der Waals surface area (Å²) in [5.41, 5.74) is 0. The van der Waals surface area contributed by atoms with Crippen LogP contribution >= 0.6 is 8.35 Å². The van der Waals surface area contributed by atoms with Crippen molar-refractivity contribution in [3.05, 3.63) is 11.9 Å². The second-order valence-electron chi connectivity index (χ2n) is 4.11. The van der Waals surface area contributed by atoms with E-state index < -0.39 is 0 Å². The summed E-state index contributed by atoms with van der Waals surface area (Å²) in [6.45, 7) is 4.09. The molecule has 1 aromatic rings. The van der Waals surface area contributed by atoms with Crippen molar-refractivity contribution in [1.29, 1.82) is 0 Å². The molecule has 1 rings (SSSR count). The highest BCUT2D eigenvalue weighted by Crippen LogP contribution is 2.26. The number of rotatable bonds is 14. The fraction of sp³-hybridized carbons (Fsp3) is 0.714. The van der Waals surface area contributed by atoms with Crippen molar-refractivity contribution in [3.63, 3.8) is 0 Å². The van der Waals surface area contributed by atoms with Crippen LogP contribution in [0.3, 0.4) is 0 Å². The van der Waals surface area contributed by atoms with Crippen LogP contribution in [0.25, 0.3) is 0 Å². The van der Waals surface area contributed by atoms with Gasteiger partial charge in [0.2, 0.25) is 0 Å². The SMILES string of the molecule is COCCOCCOc1ccpnc1OCCOCCOC. The van der Waals surface area contributed by atoms with Crippen molar-refractivity contribution < 1.29 is 28.4 Å². The fourth-order valence-corrected chi connectivity index (χ4v) is 1.94. The van der Waals surface area contributed by atoms with Crippen LogP contribution in [-0.4, -0.2) is 71.8 Å². The van der Waals surface area contributed by atoms with Gasteiger partial charge in [-0.2, -0.15) is 4.75 Å². The molecule has 1 heterocycles. The van der Waals surface area contributed by atoms with Crippen molar-refractivity contribution in [3.8, 4) is 11.6 Å². The lowest BCUT2D eigenvalue weighted by Gasteiger charge is -2.11. The van der Waals surface area contributed by atoms with Crippen LogP contribution in [0.1, 0.15) is 0 Å². The van der Waals surface area contributed by atoms with E-state index >= 15 is 0 Å². The summed E-state index contributed by atoms with van der Waals surface area (Å²) in [6.07, 6.45) is 0. The molecular formula is C14H24NO6P. The zero-order valence-corrected chi connectivity index (χ0v) is 14.0. The molecule has 126 valence electrons. The molecule has 0 aromatic carbocycles. The lowest BCUT2D eigenvalue weighted by atomic mass is 10.5. The second kappa shape index (κ2) is 13.7. The van der Waals surface area contributed by atoms with Crippen LogP contribution in [0.4, 0.5) is 0 Å². The van der Waals surface area contributed by atoms with Crippen molar-refractivity contribution in [1.82, 2.24) is 4.75 Å². The third-order valence-corrected chi connectivity index (χ3v) is 3.05. The Hall–Kier alpha value is -0.980. The van der Waals surface area contributed by atoms with Crippen molar-refractivity contribution in [2.45, 2.75) is 0 Å². The molecule has 0 saturated heterocycles. The first-order valence-electron chi connectivity index (χ1n) is 7.09. The van der Waals surface area contributed by atoms with Crippen LogP contribution in [-0.2, 0) is 18.9 Å². The maximum atomic E-state index is 5.61. The van der Waals surface area contributed by atoms with E-state index in [1.807, 2.05) is 11.9 Å². The van der Waals surface area contributed by atoms with Gasteiger partial charge < -0.3 is 28.4 Å². The molecule has 0 aliphatic carbocycles. The molecule has 0 N–H and O–H groups in total. The maximum Gasteiger partial charge on any atom is 0.261 e. The first-order valence-corrected chi connectivity index (χ1v) is 8.00. The van der Waals surface area contributed by atoms with Gasteiger partial charge in [0.05, 0.1) is 39.6 Å². The highest BCUT2D eigenvalue weighted by molar-refractivity contribution is 7.24. The number of methoxy groups -OCH3 is 2. The van der Waals surface area contributed by atoms with E-state index in [0.717, 1.165) is 8.35 Å². The summed E-state index contributed by atoms with van der Waals surface area (Å²) in [5, 5.41) is 0. The Balaban J connectivity index is 2.20. The van der Waals surface area contributed by atoms with Gasteiger partial charge in [0.15, 0.2) is 5.75 Å². The summed E-state index contributed by atoms with van der Waals surface area (Å²) in [7, 11) is 4.11. The van der Waals surface area contributed by atoms with Gasteiger partial charge in [-0.1, -0.05) is 0 Å². The summed E-state index contributed by atoms with van der Waals surface area (Å²) in [5.74, 6) is 3.01. The van der Waals surface area contributed by atoms with Gasteiger partial charge in [0.25, 0.3) is 5.88 Å². The van der Waals surface area contributed by atoms with Crippen LogP contribution in [0, 0.1) is 0 Å². The van der Waals surface area contributed by atoms with Gasteiger partial charge in [0, 0.05) is 22.6 Å². The Morgan fingerprint density at radius 1 is 0.818 bits per heavy atom. The van der Waals surface area contributed by atoms with Crippen LogP contribution in [0.5, 0.6) is 11.6 Å². The predicted molar refractivity (Wildman–Crippen MR) is 83.1 cm³/mol. The standard InChI is InChI=1S/C14H24NO6P/c1-16-4-6-18-8-10-20-13-3-12-22-15-14(13)21-11-9-19-7-5-17-2/h3,12H,4-11H2,1-2H3. The zero-order chi connectivity index (χ0) is 15.9. The fourth-order valence-electron chi connectivity index (χ4n) is 1.41. The Labute approximate surface area is 133 Å². The molecule has 7 nitrogen and oxygen atoms in total. The Morgan fingerprint density at radius 3 is 2.05 bits per heavy atom. The average Bonchev–Trinajstić information content (AvgIpc) is 2.55. The molecule has 0 amide bonds. The maximum absolute atomic E-state index is 5.61. The lowest BCUT2D eigenvalue weighted by Crippen LogP contribution is -2.12. The minimum Gasteiger partial charge on any atom is -0.486 e. The van der Waals surface area contributed by atoms with E-state index in [1.54, 1.807) is 14.2 Å². The minimum absolute atomic E-state index is 0.420. The first-order chi connectivity index (χ1) is 10.9. The third kappa shape index (κ3) is 9.12. The first kappa shape index (κ1) is 19.1. The van der Waals surface area contributed by atoms with Gasteiger partial charge in [-0.25, -0.2) is 0 Å². The third-order valence-electron chi connectivity index (χ3n) is 2.47. The van der Waals surface area contributed by atoms with Crippen molar-refractivity contribution in [2.75, 3.05) is 67.1 Å². The van der Waals surface area contributed by atoms with E-state index in [9.17, 15) is 0 Å². The molecule has 0 radical (unpaired) electrons. The molecule has 1 aromatic heterocycles. The van der Waals surface area contributed by atoms with Gasteiger partial charge in [0.1, 0.15) is 13.2 Å². The zero-order valence-electron chi connectivity index (χ0n) is 13.2. The summed E-state index contributed by atoms with van der Waals surface area (Å²) < 4.78 is 35.9. The quantitative estimate of drug-likeness (QED) is 0.480. The second-order valence-corrected chi connectivity index (χ2v) is 4.84. The van der Waals surface area contributed by atoms with Gasteiger partial charge in [-0.3, -0.25) is 0 Å². The van der Waals surface area contributed by atoms with Crippen molar-refractivity contribution in [2.24, 2.45) is 0 Å². The van der Waals surface area contributed by atoms with E-state index in [4.69, 9.17) is 28.4 Å². The van der Waals surface area contributed by atoms with Gasteiger partial charge >= 0.3 is 0 Å². The molecule has 0 saturated carbocycles. The number of hydrogen-bond acceptors (Lipinski definition) is 7. The predicted octanol–water partition coefficient (Wildman–Crippen LogP) is 1.75.